The lowest BCUT2D eigenvalue weighted by molar-refractivity contribution is 0.101. The predicted molar refractivity (Wildman–Crippen MR) is 102 cm³/mol. The van der Waals surface area contributed by atoms with Crippen LogP contribution in [0.15, 0.2) is 46.8 Å². The summed E-state index contributed by atoms with van der Waals surface area (Å²) in [6, 6.07) is 2.49. The van der Waals surface area contributed by atoms with Gasteiger partial charge < -0.3 is 9.88 Å². The van der Waals surface area contributed by atoms with E-state index in [0.717, 1.165) is 11.6 Å². The van der Waals surface area contributed by atoms with Crippen LogP contribution in [-0.4, -0.2) is 19.7 Å². The van der Waals surface area contributed by atoms with E-state index in [0.29, 0.717) is 11.3 Å². The molecule has 0 spiro atoms. The van der Waals surface area contributed by atoms with Crippen LogP contribution in [0.25, 0.3) is 6.08 Å². The normalized spacial score (nSPS) is 18.4. The molecule has 7 nitrogen and oxygen atoms in total. The number of amides is 1. The van der Waals surface area contributed by atoms with E-state index < -0.39 is 27.9 Å². The fourth-order valence-corrected chi connectivity index (χ4v) is 4.28. The second kappa shape index (κ2) is 7.19. The Kier molecular flexibility index (Phi) is 5.07. The molecule has 1 atom stereocenters. The number of pyridine rings is 1. The zero-order chi connectivity index (χ0) is 20.6. The number of alkyl halides is 2. The van der Waals surface area contributed by atoms with E-state index in [1.807, 2.05) is 13.8 Å². The third kappa shape index (κ3) is 3.68. The predicted octanol–water partition coefficient (Wildman–Crippen LogP) is 3.84. The summed E-state index contributed by atoms with van der Waals surface area (Å²) < 4.78 is 50.9. The van der Waals surface area contributed by atoms with Gasteiger partial charge in [0.15, 0.2) is 9.92 Å². The molecule has 0 fully saturated rings. The number of carbonyl (C=O) groups is 1. The molecule has 28 heavy (non-hydrogen) atoms. The largest absolute Gasteiger partial charge is 0.345 e. The molecule has 0 saturated carbocycles. The first kappa shape index (κ1) is 19.7. The first-order valence-corrected chi connectivity index (χ1v) is 9.83. The van der Waals surface area contributed by atoms with Crippen molar-refractivity contribution in [2.75, 3.05) is 5.32 Å². The summed E-state index contributed by atoms with van der Waals surface area (Å²) in [5, 5.41) is 2.56. The Morgan fingerprint density at radius 1 is 1.36 bits per heavy atom. The van der Waals surface area contributed by atoms with Crippen LogP contribution in [0.5, 0.6) is 0 Å². The number of hydrogen-bond acceptors (Lipinski definition) is 4. The molecule has 0 radical (unpaired) electrons. The van der Waals surface area contributed by atoms with Crippen molar-refractivity contribution >= 4 is 27.6 Å². The van der Waals surface area contributed by atoms with Gasteiger partial charge in [0, 0.05) is 36.4 Å². The van der Waals surface area contributed by atoms with E-state index in [9.17, 15) is 17.8 Å². The maximum Gasteiger partial charge on any atom is 0.280 e. The van der Waals surface area contributed by atoms with Gasteiger partial charge >= 0.3 is 0 Å². The van der Waals surface area contributed by atoms with E-state index in [-0.39, 0.29) is 16.3 Å². The van der Waals surface area contributed by atoms with Gasteiger partial charge in [0.25, 0.3) is 12.3 Å². The topological polar surface area (TPSA) is 99.9 Å². The van der Waals surface area contributed by atoms with Crippen molar-refractivity contribution in [1.82, 2.24) is 14.3 Å². The standard InChI is InChI=1S/C18H19F2N5O2S/c1-10(2)13-5-4-12-15(28(21,27)24-13)9-25(3)16(12)18(26)23-11-6-7-22-14(8-11)17(19)20/h4-9,17H,1-3H3,(H2,21,24,27)(H,22,23,26). The summed E-state index contributed by atoms with van der Waals surface area (Å²) in [5.74, 6) is -0.573. The average Bonchev–Trinajstić information content (AvgIpc) is 2.89. The number of hydrogen-bond donors (Lipinski definition) is 3. The molecule has 0 aliphatic carbocycles. The van der Waals surface area contributed by atoms with Crippen LogP contribution < -0.4 is 10.0 Å². The van der Waals surface area contributed by atoms with Crippen LogP contribution in [0.4, 0.5) is 14.5 Å². The first-order valence-electron chi connectivity index (χ1n) is 8.27. The molecule has 2 aromatic rings. The zero-order valence-corrected chi connectivity index (χ0v) is 16.2. The highest BCUT2D eigenvalue weighted by molar-refractivity contribution is 7.90. The quantitative estimate of drug-likeness (QED) is 0.721. The van der Waals surface area contributed by atoms with Crippen molar-refractivity contribution in [3.05, 3.63) is 58.8 Å². The Hall–Kier alpha value is -3.01. The highest BCUT2D eigenvalue weighted by Crippen LogP contribution is 2.29. The minimum absolute atomic E-state index is 0.164. The van der Waals surface area contributed by atoms with Crippen molar-refractivity contribution < 1.29 is 17.8 Å². The number of carbonyl (C=O) groups excluding carboxylic acids is 1. The monoisotopic (exact) mass is 407 g/mol. The number of fused-ring (bicyclic) bond motifs is 1. The minimum Gasteiger partial charge on any atom is -0.345 e. The Balaban J connectivity index is 2.04. The van der Waals surface area contributed by atoms with Crippen LogP contribution in [0.1, 0.15) is 42.0 Å². The molecule has 10 heteroatoms. The maximum atomic E-state index is 12.9. The van der Waals surface area contributed by atoms with Crippen LogP contribution in [0.3, 0.4) is 0 Å². The number of halogens is 2. The van der Waals surface area contributed by atoms with Crippen LogP contribution in [-0.2, 0) is 17.0 Å². The third-order valence-electron chi connectivity index (χ3n) is 4.18. The molecular formula is C18H19F2N5O2S. The molecule has 1 aliphatic heterocycles. The van der Waals surface area contributed by atoms with Gasteiger partial charge in [0.1, 0.15) is 11.4 Å². The fraction of sp³-hybridized carbons (Fsp3) is 0.222. The number of aromatic nitrogens is 2. The summed E-state index contributed by atoms with van der Waals surface area (Å²) in [5.41, 5.74) is 1.60. The molecule has 1 amide bonds. The molecule has 2 aromatic heterocycles. The molecule has 3 N–H and O–H groups in total. The summed E-state index contributed by atoms with van der Waals surface area (Å²) >= 11 is 0. The van der Waals surface area contributed by atoms with Gasteiger partial charge in [0.2, 0.25) is 0 Å². The smallest absolute Gasteiger partial charge is 0.280 e. The van der Waals surface area contributed by atoms with E-state index in [4.69, 9.17) is 4.78 Å². The van der Waals surface area contributed by atoms with Crippen molar-refractivity contribution in [3.8, 4) is 0 Å². The highest BCUT2D eigenvalue weighted by Gasteiger charge is 2.27. The Morgan fingerprint density at radius 3 is 2.71 bits per heavy atom. The number of nitrogens with zero attached hydrogens (tertiary/aromatic N) is 2. The summed E-state index contributed by atoms with van der Waals surface area (Å²) in [7, 11) is -1.79. The molecule has 3 rings (SSSR count). The van der Waals surface area contributed by atoms with Crippen molar-refractivity contribution in [1.29, 1.82) is 4.78 Å². The molecular weight excluding hydrogens is 388 g/mol. The number of rotatable bonds is 3. The lowest BCUT2D eigenvalue weighted by Gasteiger charge is -2.10. The molecule has 148 valence electrons. The van der Waals surface area contributed by atoms with Crippen molar-refractivity contribution in [2.45, 2.75) is 25.2 Å². The molecule has 1 aliphatic rings. The average molecular weight is 407 g/mol. The third-order valence-corrected chi connectivity index (χ3v) is 5.63. The number of nitrogens with one attached hydrogen (secondary N) is 3. The molecule has 0 aromatic carbocycles. The molecule has 0 bridgehead atoms. The second-order valence-electron chi connectivity index (χ2n) is 6.50. The van der Waals surface area contributed by atoms with E-state index >= 15 is 0 Å². The Labute approximate surface area is 161 Å². The van der Waals surface area contributed by atoms with E-state index in [1.54, 1.807) is 19.2 Å². The van der Waals surface area contributed by atoms with Crippen LogP contribution in [0.2, 0.25) is 0 Å². The summed E-state index contributed by atoms with van der Waals surface area (Å²) in [6.45, 7) is 3.63. The van der Waals surface area contributed by atoms with Gasteiger partial charge in [-0.3, -0.25) is 14.5 Å². The minimum atomic E-state index is -3.38. The summed E-state index contributed by atoms with van der Waals surface area (Å²) in [4.78, 5) is 16.6. The Morgan fingerprint density at radius 2 is 2.07 bits per heavy atom. The summed E-state index contributed by atoms with van der Waals surface area (Å²) in [6.07, 6.45) is 3.17. The highest BCUT2D eigenvalue weighted by atomic mass is 32.2. The fourth-order valence-electron chi connectivity index (χ4n) is 2.80. The van der Waals surface area contributed by atoms with Gasteiger partial charge in [-0.15, -0.1) is 0 Å². The number of anilines is 1. The van der Waals surface area contributed by atoms with Gasteiger partial charge in [-0.25, -0.2) is 17.8 Å². The van der Waals surface area contributed by atoms with Crippen LogP contribution >= 0.6 is 0 Å². The van der Waals surface area contributed by atoms with Crippen molar-refractivity contribution in [2.24, 2.45) is 7.05 Å². The lowest BCUT2D eigenvalue weighted by Crippen LogP contribution is -2.21. The number of allylic oxidation sites excluding steroid dienone is 2. The zero-order valence-electron chi connectivity index (χ0n) is 15.4. The van der Waals surface area contributed by atoms with Gasteiger partial charge in [0.05, 0.1) is 4.90 Å². The molecule has 1 unspecified atom stereocenters. The van der Waals surface area contributed by atoms with Crippen molar-refractivity contribution in [3.63, 3.8) is 0 Å². The molecule has 0 saturated heterocycles. The van der Waals surface area contributed by atoms with Gasteiger partial charge in [-0.1, -0.05) is 5.57 Å². The second-order valence-corrected chi connectivity index (χ2v) is 8.25. The van der Waals surface area contributed by atoms with E-state index in [2.05, 4.69) is 15.0 Å². The maximum absolute atomic E-state index is 12.9. The SMILES string of the molecule is CC(C)=C1C=Cc2c(cn(C)c2C(=O)Nc2ccnc(C(F)F)c2)S(=N)(=O)N1. The molecule has 3 heterocycles. The van der Waals surface area contributed by atoms with E-state index in [1.165, 1.54) is 23.0 Å². The van der Waals surface area contributed by atoms with Crippen LogP contribution in [0, 0.1) is 4.78 Å². The number of aryl methyl sites for hydroxylation is 1. The Bertz CT molecular complexity index is 1110. The van der Waals surface area contributed by atoms with Gasteiger partial charge in [-0.2, -0.15) is 0 Å². The lowest BCUT2D eigenvalue weighted by atomic mass is 10.1. The first-order chi connectivity index (χ1) is 13.1. The van der Waals surface area contributed by atoms with Gasteiger partial charge in [-0.05, 0) is 38.1 Å².